The van der Waals surface area contributed by atoms with Crippen LogP contribution in [-0.2, 0) is 9.59 Å². The van der Waals surface area contributed by atoms with E-state index in [1.807, 2.05) is 0 Å². The first kappa shape index (κ1) is 5.46. The highest BCUT2D eigenvalue weighted by Crippen LogP contribution is 2.20. The second-order valence-corrected chi connectivity index (χ2v) is 2.38. The molecule has 52 valence electrons. The molecular weight excluding hydrogens is 132 g/mol. The lowest BCUT2D eigenvalue weighted by atomic mass is 10.1. The highest BCUT2D eigenvalue weighted by molar-refractivity contribution is 6.15. The van der Waals surface area contributed by atoms with Crippen LogP contribution in [0.25, 0.3) is 0 Å². The maximum atomic E-state index is 10.9. The summed E-state index contributed by atoms with van der Waals surface area (Å²) in [6.45, 7) is 0.562. The molecule has 0 radical (unpaired) electrons. The Morgan fingerprint density at radius 3 is 3.00 bits per heavy atom. The van der Waals surface area contributed by atoms with Crippen LogP contribution in [0.2, 0.25) is 0 Å². The summed E-state index contributed by atoms with van der Waals surface area (Å²) in [4.78, 5) is 21.7. The normalized spacial score (nSPS) is 29.2. The van der Waals surface area contributed by atoms with Gasteiger partial charge in [0.15, 0.2) is 0 Å². The number of carbonyl (C=O) groups is 2. The van der Waals surface area contributed by atoms with Crippen molar-refractivity contribution in [2.45, 2.75) is 0 Å². The van der Waals surface area contributed by atoms with Gasteiger partial charge in [-0.2, -0.15) is 0 Å². The Hall–Kier alpha value is -1.32. The third-order valence-corrected chi connectivity index (χ3v) is 1.77. The van der Waals surface area contributed by atoms with E-state index in [-0.39, 0.29) is 17.7 Å². The monoisotopic (exact) mass is 138 g/mol. The average Bonchev–Trinajstić information content (AvgIpc) is 2.39. The summed E-state index contributed by atoms with van der Waals surface area (Å²) in [5.74, 6) is -0.659. The number of nitrogens with one attached hydrogen (secondary N) is 2. The molecule has 4 heteroatoms. The van der Waals surface area contributed by atoms with Gasteiger partial charge >= 0.3 is 0 Å². The number of carbonyl (C=O) groups excluding carboxylic acids is 2. The van der Waals surface area contributed by atoms with Gasteiger partial charge in [-0.05, 0) is 0 Å². The van der Waals surface area contributed by atoms with Crippen molar-refractivity contribution in [2.24, 2.45) is 5.92 Å². The predicted octanol–water partition coefficient (Wildman–Crippen LogP) is -1.25. The third-order valence-electron chi connectivity index (χ3n) is 1.77. The lowest BCUT2D eigenvalue weighted by molar-refractivity contribution is -0.125. The second-order valence-electron chi connectivity index (χ2n) is 2.38. The molecule has 0 spiro atoms. The minimum absolute atomic E-state index is 0.179. The van der Waals surface area contributed by atoms with Crippen LogP contribution in [0.4, 0.5) is 0 Å². The first-order valence-electron chi connectivity index (χ1n) is 3.07. The number of imide groups is 1. The van der Waals surface area contributed by atoms with Crippen molar-refractivity contribution in [3.63, 3.8) is 0 Å². The van der Waals surface area contributed by atoms with Gasteiger partial charge in [-0.3, -0.25) is 14.9 Å². The molecule has 1 fully saturated rings. The molecule has 2 rings (SSSR count). The van der Waals surface area contributed by atoms with E-state index in [1.165, 1.54) is 0 Å². The molecule has 1 atom stereocenters. The van der Waals surface area contributed by atoms with Crippen molar-refractivity contribution in [3.8, 4) is 0 Å². The largest absolute Gasteiger partial charge is 0.389 e. The van der Waals surface area contributed by atoms with E-state index in [0.717, 1.165) is 0 Å². The highest BCUT2D eigenvalue weighted by atomic mass is 16.2. The molecule has 0 aromatic heterocycles. The van der Waals surface area contributed by atoms with Crippen molar-refractivity contribution in [1.29, 1.82) is 0 Å². The van der Waals surface area contributed by atoms with Crippen molar-refractivity contribution >= 4 is 11.8 Å². The summed E-state index contributed by atoms with van der Waals surface area (Å²) in [5.41, 5.74) is 0.574. The molecule has 0 aromatic carbocycles. The quantitative estimate of drug-likeness (QED) is 0.411. The Labute approximate surface area is 57.3 Å². The first-order chi connectivity index (χ1) is 4.79. The van der Waals surface area contributed by atoms with Crippen LogP contribution >= 0.6 is 0 Å². The molecule has 2 amide bonds. The fraction of sp³-hybridized carbons (Fsp3) is 0.333. The molecule has 0 saturated carbocycles. The molecule has 4 nitrogen and oxygen atoms in total. The number of rotatable bonds is 0. The number of hydrogen-bond acceptors (Lipinski definition) is 3. The Morgan fingerprint density at radius 1 is 1.50 bits per heavy atom. The molecule has 0 bridgehead atoms. The number of amides is 2. The number of fused-ring (bicyclic) bond motifs is 1. The third kappa shape index (κ3) is 0.504. The summed E-state index contributed by atoms with van der Waals surface area (Å²) in [6, 6.07) is 0. The van der Waals surface area contributed by atoms with Gasteiger partial charge in [-0.1, -0.05) is 0 Å². The van der Waals surface area contributed by atoms with Gasteiger partial charge in [0.05, 0.1) is 5.92 Å². The van der Waals surface area contributed by atoms with Crippen LogP contribution in [0.1, 0.15) is 0 Å². The Morgan fingerprint density at radius 2 is 2.30 bits per heavy atom. The zero-order valence-corrected chi connectivity index (χ0v) is 5.18. The molecule has 10 heavy (non-hydrogen) atoms. The fourth-order valence-corrected chi connectivity index (χ4v) is 1.23. The Bertz CT molecular complexity index is 244. The molecule has 1 saturated heterocycles. The second kappa shape index (κ2) is 1.59. The van der Waals surface area contributed by atoms with Gasteiger partial charge in [0, 0.05) is 18.3 Å². The fourth-order valence-electron chi connectivity index (χ4n) is 1.23. The van der Waals surface area contributed by atoms with Crippen LogP contribution in [0.15, 0.2) is 11.8 Å². The van der Waals surface area contributed by atoms with Gasteiger partial charge in [0.25, 0.3) is 5.91 Å². The highest BCUT2D eigenvalue weighted by Gasteiger charge is 2.38. The van der Waals surface area contributed by atoms with Gasteiger partial charge in [-0.25, -0.2) is 0 Å². The Kier molecular flexibility index (Phi) is 0.869. The molecule has 0 aliphatic carbocycles. The predicted molar refractivity (Wildman–Crippen MR) is 32.7 cm³/mol. The zero-order chi connectivity index (χ0) is 7.14. The minimum atomic E-state index is -0.250. The van der Waals surface area contributed by atoms with E-state index in [9.17, 15) is 9.59 Å². The van der Waals surface area contributed by atoms with E-state index in [0.29, 0.717) is 12.1 Å². The van der Waals surface area contributed by atoms with Crippen molar-refractivity contribution < 1.29 is 9.59 Å². The summed E-state index contributed by atoms with van der Waals surface area (Å²) in [7, 11) is 0. The standard InChI is InChI=1S/C6H6N2O2/c9-5-3-1-7-2-4(3)6(10)8-5/h1,4,7H,2H2,(H,8,9,10)/t4-/m0/s1. The maximum absolute atomic E-state index is 10.9. The topological polar surface area (TPSA) is 58.2 Å². The minimum Gasteiger partial charge on any atom is -0.389 e. The van der Waals surface area contributed by atoms with Crippen LogP contribution in [0.3, 0.4) is 0 Å². The van der Waals surface area contributed by atoms with Crippen molar-refractivity contribution in [1.82, 2.24) is 10.6 Å². The molecule has 2 aliphatic heterocycles. The molecule has 2 aliphatic rings. The lowest BCUT2D eigenvalue weighted by Crippen LogP contribution is -2.26. The average molecular weight is 138 g/mol. The van der Waals surface area contributed by atoms with Gasteiger partial charge in [-0.15, -0.1) is 0 Å². The van der Waals surface area contributed by atoms with Crippen molar-refractivity contribution in [3.05, 3.63) is 11.8 Å². The lowest BCUT2D eigenvalue weighted by Gasteiger charge is -1.95. The van der Waals surface area contributed by atoms with Crippen LogP contribution in [-0.4, -0.2) is 18.4 Å². The first-order valence-corrected chi connectivity index (χ1v) is 3.07. The number of hydrogen-bond donors (Lipinski definition) is 2. The molecule has 0 unspecified atom stereocenters. The summed E-state index contributed by atoms with van der Waals surface area (Å²) >= 11 is 0. The van der Waals surface area contributed by atoms with Crippen molar-refractivity contribution in [2.75, 3.05) is 6.54 Å². The van der Waals surface area contributed by atoms with Gasteiger partial charge < -0.3 is 5.32 Å². The smallest absolute Gasteiger partial charge is 0.256 e. The van der Waals surface area contributed by atoms with Crippen LogP contribution < -0.4 is 10.6 Å². The molecular formula is C6H6N2O2. The van der Waals surface area contributed by atoms with E-state index >= 15 is 0 Å². The zero-order valence-electron chi connectivity index (χ0n) is 5.18. The van der Waals surface area contributed by atoms with Crippen LogP contribution in [0.5, 0.6) is 0 Å². The van der Waals surface area contributed by atoms with E-state index < -0.39 is 0 Å². The van der Waals surface area contributed by atoms with E-state index in [4.69, 9.17) is 0 Å². The SMILES string of the molecule is O=C1NC(=O)[C@H]2CNC=C12. The van der Waals surface area contributed by atoms with Gasteiger partial charge in [0.2, 0.25) is 5.91 Å². The van der Waals surface area contributed by atoms with Gasteiger partial charge in [0.1, 0.15) is 0 Å². The maximum Gasteiger partial charge on any atom is 0.256 e. The molecule has 0 aromatic rings. The molecule has 2 heterocycles. The van der Waals surface area contributed by atoms with E-state index in [1.54, 1.807) is 6.20 Å². The molecule has 2 N–H and O–H groups in total. The summed E-state index contributed by atoms with van der Waals surface area (Å²) < 4.78 is 0. The Balaban J connectivity index is 2.41. The summed E-state index contributed by atoms with van der Waals surface area (Å²) in [5, 5.41) is 5.07. The summed E-state index contributed by atoms with van der Waals surface area (Å²) in [6.07, 6.45) is 1.60. The van der Waals surface area contributed by atoms with E-state index in [2.05, 4.69) is 10.6 Å². The van der Waals surface area contributed by atoms with Crippen LogP contribution in [0, 0.1) is 5.92 Å².